The van der Waals surface area contributed by atoms with E-state index in [1.807, 2.05) is 29.6 Å². The van der Waals surface area contributed by atoms with E-state index in [0.29, 0.717) is 29.9 Å². The molecule has 10 heteroatoms. The van der Waals surface area contributed by atoms with Gasteiger partial charge >= 0.3 is 0 Å². The molecule has 2 aromatic heterocycles. The van der Waals surface area contributed by atoms with Gasteiger partial charge in [-0.25, -0.2) is 0 Å². The molecule has 0 bridgehead atoms. The Bertz CT molecular complexity index is 855. The third kappa shape index (κ3) is 5.52. The Morgan fingerprint density at radius 3 is 2.85 bits per heavy atom. The molecule has 0 fully saturated rings. The number of carbonyl (C=O) groups is 1. The molecule has 0 radical (unpaired) electrons. The summed E-state index contributed by atoms with van der Waals surface area (Å²) in [5.41, 5.74) is 0.786. The highest BCUT2D eigenvalue weighted by Crippen LogP contribution is 2.21. The van der Waals surface area contributed by atoms with Crippen molar-refractivity contribution in [3.05, 3.63) is 51.7 Å². The number of benzene rings is 1. The van der Waals surface area contributed by atoms with Gasteiger partial charge in [0.25, 0.3) is 0 Å². The lowest BCUT2D eigenvalue weighted by molar-refractivity contribution is -0.129. The maximum Gasteiger partial charge on any atom is 0.233 e. The largest absolute Gasteiger partial charge is 0.383 e. The van der Waals surface area contributed by atoms with Crippen LogP contribution in [0.25, 0.3) is 5.69 Å². The second-order valence-corrected chi connectivity index (χ2v) is 7.94. The first-order valence-corrected chi connectivity index (χ1v) is 10.4. The van der Waals surface area contributed by atoms with E-state index in [4.69, 9.17) is 16.3 Å². The average Bonchev–Trinajstić information content (AvgIpc) is 3.35. The van der Waals surface area contributed by atoms with Gasteiger partial charge in [0.05, 0.1) is 24.6 Å². The quantitative estimate of drug-likeness (QED) is 0.492. The first-order chi connectivity index (χ1) is 13.2. The number of carbonyl (C=O) groups excluding carboxylic acids is 1. The molecule has 1 aromatic carbocycles. The van der Waals surface area contributed by atoms with E-state index < -0.39 is 0 Å². The number of aromatic nitrogens is 4. The summed E-state index contributed by atoms with van der Waals surface area (Å²) in [5, 5.41) is 14.9. The third-order valence-corrected chi connectivity index (χ3v) is 5.70. The number of halogens is 1. The third-order valence-electron chi connectivity index (χ3n) is 3.68. The van der Waals surface area contributed by atoms with Crippen LogP contribution in [0.2, 0.25) is 5.02 Å². The number of nitrogens with zero attached hydrogens (tertiary/aromatic N) is 5. The smallest absolute Gasteiger partial charge is 0.233 e. The van der Waals surface area contributed by atoms with Gasteiger partial charge in [-0.15, -0.1) is 16.4 Å². The topological polar surface area (TPSA) is 73.1 Å². The first-order valence-electron chi connectivity index (χ1n) is 8.13. The van der Waals surface area contributed by atoms with Crippen molar-refractivity contribution in [3.8, 4) is 5.69 Å². The molecule has 0 aliphatic rings. The van der Waals surface area contributed by atoms with Crippen LogP contribution in [0.5, 0.6) is 0 Å². The Balaban J connectivity index is 1.65. The van der Waals surface area contributed by atoms with Crippen LogP contribution >= 0.6 is 34.7 Å². The summed E-state index contributed by atoms with van der Waals surface area (Å²) in [5.74, 6) is 0.249. The molecule has 27 heavy (non-hydrogen) atoms. The Morgan fingerprint density at radius 2 is 2.15 bits per heavy atom. The molecule has 0 spiro atoms. The van der Waals surface area contributed by atoms with Crippen molar-refractivity contribution < 1.29 is 9.53 Å². The summed E-state index contributed by atoms with van der Waals surface area (Å²) in [6.07, 6.45) is 0. The van der Waals surface area contributed by atoms with Crippen molar-refractivity contribution in [1.82, 2.24) is 25.1 Å². The Morgan fingerprint density at radius 1 is 1.33 bits per heavy atom. The summed E-state index contributed by atoms with van der Waals surface area (Å²) in [6, 6.07) is 11.2. The standard InChI is InChI=1S/C17H18ClN5O2S2/c1-25-9-8-22(11-15-3-2-10-26-15)16(24)12-27-17-19-20-21-23(17)14-6-4-13(18)5-7-14/h2-7,10H,8-9,11-12H2,1H3. The van der Waals surface area contributed by atoms with Crippen LogP contribution in [0.15, 0.2) is 46.9 Å². The number of thioether (sulfide) groups is 1. The molecule has 142 valence electrons. The molecule has 0 saturated heterocycles. The first kappa shape index (κ1) is 19.8. The van der Waals surface area contributed by atoms with E-state index in [1.54, 1.807) is 40.2 Å². The Kier molecular flexibility index (Phi) is 7.22. The van der Waals surface area contributed by atoms with E-state index in [9.17, 15) is 4.79 Å². The van der Waals surface area contributed by atoms with Crippen LogP contribution in [0.4, 0.5) is 0 Å². The summed E-state index contributed by atoms with van der Waals surface area (Å²) in [6.45, 7) is 1.60. The van der Waals surface area contributed by atoms with E-state index in [2.05, 4.69) is 15.5 Å². The Labute approximate surface area is 170 Å². The number of methoxy groups -OCH3 is 1. The lowest BCUT2D eigenvalue weighted by Gasteiger charge is -2.21. The van der Waals surface area contributed by atoms with Gasteiger partial charge in [-0.1, -0.05) is 29.4 Å². The molecule has 0 aliphatic heterocycles. The molecule has 1 amide bonds. The molecule has 0 unspecified atom stereocenters. The maximum atomic E-state index is 12.7. The van der Waals surface area contributed by atoms with Gasteiger partial charge in [0.2, 0.25) is 11.1 Å². The van der Waals surface area contributed by atoms with Crippen LogP contribution < -0.4 is 0 Å². The van der Waals surface area contributed by atoms with Crippen molar-refractivity contribution in [3.63, 3.8) is 0 Å². The molecule has 7 nitrogen and oxygen atoms in total. The molecule has 0 atom stereocenters. The normalized spacial score (nSPS) is 10.9. The zero-order valence-corrected chi connectivity index (χ0v) is 17.0. The van der Waals surface area contributed by atoms with Gasteiger partial charge in [0.1, 0.15) is 0 Å². The zero-order chi connectivity index (χ0) is 19.1. The minimum atomic E-state index is 0.0103. The van der Waals surface area contributed by atoms with E-state index in [1.165, 1.54) is 11.8 Å². The SMILES string of the molecule is COCCN(Cc1cccs1)C(=O)CSc1nnnn1-c1ccc(Cl)cc1. The highest BCUT2D eigenvalue weighted by molar-refractivity contribution is 7.99. The minimum Gasteiger partial charge on any atom is -0.383 e. The van der Waals surface area contributed by atoms with Crippen LogP contribution in [-0.4, -0.2) is 57.0 Å². The van der Waals surface area contributed by atoms with Crippen LogP contribution in [0.1, 0.15) is 4.88 Å². The van der Waals surface area contributed by atoms with Crippen LogP contribution in [0, 0.1) is 0 Å². The summed E-state index contributed by atoms with van der Waals surface area (Å²) in [4.78, 5) is 15.6. The zero-order valence-electron chi connectivity index (χ0n) is 14.6. The number of hydrogen-bond donors (Lipinski definition) is 0. The molecule has 3 aromatic rings. The second kappa shape index (κ2) is 9.84. The van der Waals surface area contributed by atoms with Crippen LogP contribution in [0.3, 0.4) is 0 Å². The number of amides is 1. The maximum absolute atomic E-state index is 12.7. The minimum absolute atomic E-state index is 0.0103. The highest BCUT2D eigenvalue weighted by atomic mass is 35.5. The predicted molar refractivity (Wildman–Crippen MR) is 107 cm³/mol. The van der Waals surface area contributed by atoms with Gasteiger partial charge in [0.15, 0.2) is 0 Å². The van der Waals surface area contributed by atoms with E-state index >= 15 is 0 Å². The number of tetrazole rings is 1. The second-order valence-electron chi connectivity index (χ2n) is 5.53. The monoisotopic (exact) mass is 423 g/mol. The van der Waals surface area contributed by atoms with Crippen molar-refractivity contribution in [2.75, 3.05) is 26.0 Å². The highest BCUT2D eigenvalue weighted by Gasteiger charge is 2.17. The van der Waals surface area contributed by atoms with Gasteiger partial charge < -0.3 is 9.64 Å². The summed E-state index contributed by atoms with van der Waals surface area (Å²) >= 11 is 8.86. The number of hydrogen-bond acceptors (Lipinski definition) is 7. The predicted octanol–water partition coefficient (Wildman–Crippen LogP) is 3.14. The van der Waals surface area contributed by atoms with Crippen molar-refractivity contribution >= 4 is 40.6 Å². The molecule has 0 aliphatic carbocycles. The lowest BCUT2D eigenvalue weighted by atomic mass is 10.3. The van der Waals surface area contributed by atoms with Crippen molar-refractivity contribution in [2.24, 2.45) is 0 Å². The van der Waals surface area contributed by atoms with Gasteiger partial charge in [-0.05, 0) is 46.1 Å². The molecule has 0 saturated carbocycles. The number of thiophene rings is 1. The fraction of sp³-hybridized carbons (Fsp3) is 0.294. The fourth-order valence-corrected chi connectivity index (χ4v) is 3.95. The van der Waals surface area contributed by atoms with E-state index in [-0.39, 0.29) is 11.7 Å². The van der Waals surface area contributed by atoms with Gasteiger partial charge in [-0.2, -0.15) is 4.68 Å². The molecular formula is C17H18ClN5O2S2. The van der Waals surface area contributed by atoms with E-state index in [0.717, 1.165) is 10.6 Å². The van der Waals surface area contributed by atoms with Crippen molar-refractivity contribution in [1.29, 1.82) is 0 Å². The lowest BCUT2D eigenvalue weighted by Crippen LogP contribution is -2.34. The number of rotatable bonds is 9. The molecule has 3 rings (SSSR count). The Hall–Kier alpha value is -1.94. The van der Waals surface area contributed by atoms with Gasteiger partial charge in [-0.3, -0.25) is 4.79 Å². The van der Waals surface area contributed by atoms with Crippen LogP contribution in [-0.2, 0) is 16.1 Å². The summed E-state index contributed by atoms with van der Waals surface area (Å²) in [7, 11) is 1.63. The summed E-state index contributed by atoms with van der Waals surface area (Å²) < 4.78 is 6.72. The fourth-order valence-electron chi connectivity index (χ4n) is 2.31. The molecular weight excluding hydrogens is 406 g/mol. The molecule has 0 N–H and O–H groups in total. The van der Waals surface area contributed by atoms with Crippen molar-refractivity contribution in [2.45, 2.75) is 11.7 Å². The number of ether oxygens (including phenoxy) is 1. The molecule has 2 heterocycles. The average molecular weight is 424 g/mol. The van der Waals surface area contributed by atoms with Gasteiger partial charge in [0, 0.05) is 23.6 Å².